The minimum absolute atomic E-state index is 0.0227. The maximum absolute atomic E-state index is 11.6. The molecule has 216 valence electrons. The highest BCUT2D eigenvalue weighted by Gasteiger charge is 2.26. The van der Waals surface area contributed by atoms with E-state index in [9.17, 15) is 9.59 Å². The van der Waals surface area contributed by atoms with E-state index in [0.717, 1.165) is 55.5 Å². The van der Waals surface area contributed by atoms with E-state index in [0.29, 0.717) is 34.4 Å². The quantitative estimate of drug-likeness (QED) is 0.200. The first-order valence-corrected chi connectivity index (χ1v) is 13.7. The Balaban J connectivity index is 0.000000336. The maximum atomic E-state index is 11.6. The summed E-state index contributed by atoms with van der Waals surface area (Å²) in [5.41, 5.74) is 22.0. The van der Waals surface area contributed by atoms with E-state index in [1.54, 1.807) is 26.3 Å². The number of carbonyl (C=O) groups is 2. The number of nitrogen functional groups attached to an aromatic ring is 1. The minimum atomic E-state index is -0.628. The molecular formula is C29H40ClN7O3. The fourth-order valence-corrected chi connectivity index (χ4v) is 4.82. The molecule has 1 aromatic heterocycles. The van der Waals surface area contributed by atoms with Gasteiger partial charge in [0.2, 0.25) is 5.91 Å². The summed E-state index contributed by atoms with van der Waals surface area (Å²) in [5.74, 6) is 5.50. The number of likely N-dealkylation sites (tertiary alicyclic amines) is 1. The number of H-pyrrole nitrogens is 1. The molecule has 10 nitrogen and oxygen atoms in total. The van der Waals surface area contributed by atoms with E-state index in [1.807, 2.05) is 18.7 Å². The molecule has 11 heteroatoms. The van der Waals surface area contributed by atoms with Crippen LogP contribution in [0.2, 0.25) is 5.02 Å². The molecule has 1 aromatic carbocycles. The number of aromatic nitrogens is 2. The summed E-state index contributed by atoms with van der Waals surface area (Å²) < 4.78 is 5.02. The van der Waals surface area contributed by atoms with Crippen LogP contribution in [-0.4, -0.2) is 60.3 Å². The summed E-state index contributed by atoms with van der Waals surface area (Å²) in [6.45, 7) is 8.95. The number of nitrogens with two attached hydrogens (primary N) is 3. The van der Waals surface area contributed by atoms with Gasteiger partial charge in [-0.15, -0.1) is 0 Å². The van der Waals surface area contributed by atoms with Crippen molar-refractivity contribution in [1.82, 2.24) is 15.1 Å². The molecular weight excluding hydrogens is 530 g/mol. The van der Waals surface area contributed by atoms with Gasteiger partial charge in [-0.2, -0.15) is 5.10 Å². The van der Waals surface area contributed by atoms with Crippen molar-refractivity contribution in [1.29, 1.82) is 0 Å². The number of aromatic amines is 1. The van der Waals surface area contributed by atoms with Crippen molar-refractivity contribution in [3.63, 3.8) is 0 Å². The number of carbonyl (C=O) groups excluding carboxylic acids is 2. The smallest absolute Gasteiger partial charge is 0.255 e. The topological polar surface area (TPSA) is 165 Å². The molecule has 0 saturated carbocycles. The number of hydrogen-bond donors (Lipinski definition) is 5. The lowest BCUT2D eigenvalue weighted by atomic mass is 10.0. The first-order valence-electron chi connectivity index (χ1n) is 13.3. The van der Waals surface area contributed by atoms with Crippen LogP contribution in [0, 0.1) is 11.8 Å². The van der Waals surface area contributed by atoms with Crippen LogP contribution in [0.15, 0.2) is 30.5 Å². The van der Waals surface area contributed by atoms with E-state index in [2.05, 4.69) is 33.9 Å². The SMILES string of the molecule is C=CC(=O)N1CCCC1COC.CC.CNc1n[nH]c(C#Cc2cc(N)c(C3=C(N)CCC3)cc2Cl)c1C(N)=O. The Kier molecular flexibility index (Phi) is 12.6. The summed E-state index contributed by atoms with van der Waals surface area (Å²) in [5, 5.41) is 9.90. The Labute approximate surface area is 241 Å². The van der Waals surface area contributed by atoms with E-state index in [4.69, 9.17) is 33.5 Å². The van der Waals surface area contributed by atoms with Gasteiger partial charge in [-0.1, -0.05) is 37.9 Å². The lowest BCUT2D eigenvalue weighted by Crippen LogP contribution is -2.36. The number of allylic oxidation sites excluding steroid dienone is 2. The third kappa shape index (κ3) is 7.81. The molecule has 2 amide bonds. The molecule has 1 saturated heterocycles. The molecule has 1 atom stereocenters. The number of halogens is 1. The molecule has 8 N–H and O–H groups in total. The number of hydrogen-bond acceptors (Lipinski definition) is 7. The van der Waals surface area contributed by atoms with Crippen molar-refractivity contribution in [2.45, 2.75) is 52.0 Å². The number of benzene rings is 1. The summed E-state index contributed by atoms with van der Waals surface area (Å²) in [7, 11) is 3.30. The van der Waals surface area contributed by atoms with Gasteiger partial charge < -0.3 is 32.2 Å². The second kappa shape index (κ2) is 15.6. The number of primary amides is 1. The Hall–Kier alpha value is -3.94. The van der Waals surface area contributed by atoms with Gasteiger partial charge in [-0.3, -0.25) is 14.7 Å². The zero-order valence-electron chi connectivity index (χ0n) is 23.7. The number of nitrogens with one attached hydrogen (secondary N) is 2. The predicted molar refractivity (Wildman–Crippen MR) is 162 cm³/mol. The largest absolute Gasteiger partial charge is 0.402 e. The van der Waals surface area contributed by atoms with Gasteiger partial charge >= 0.3 is 0 Å². The van der Waals surface area contributed by atoms with Crippen LogP contribution < -0.4 is 22.5 Å². The van der Waals surface area contributed by atoms with Crippen molar-refractivity contribution in [2.24, 2.45) is 11.5 Å². The number of methoxy groups -OCH3 is 1. The third-order valence-corrected chi connectivity index (χ3v) is 6.80. The molecule has 1 unspecified atom stereocenters. The average molecular weight is 570 g/mol. The monoisotopic (exact) mass is 569 g/mol. The minimum Gasteiger partial charge on any atom is -0.402 e. The molecule has 2 aromatic rings. The Morgan fingerprint density at radius 3 is 2.58 bits per heavy atom. The zero-order chi connectivity index (χ0) is 29.8. The Bertz CT molecular complexity index is 1310. The number of amides is 2. The highest BCUT2D eigenvalue weighted by molar-refractivity contribution is 6.32. The molecule has 1 fully saturated rings. The molecule has 2 heterocycles. The van der Waals surface area contributed by atoms with Crippen molar-refractivity contribution in [2.75, 3.05) is 38.4 Å². The van der Waals surface area contributed by atoms with Crippen LogP contribution in [-0.2, 0) is 9.53 Å². The highest BCUT2D eigenvalue weighted by Crippen LogP contribution is 2.36. The Morgan fingerprint density at radius 2 is 2.00 bits per heavy atom. The summed E-state index contributed by atoms with van der Waals surface area (Å²) in [6.07, 6.45) is 6.27. The number of anilines is 2. The van der Waals surface area contributed by atoms with Crippen LogP contribution in [0.1, 0.15) is 73.1 Å². The number of ether oxygens (including phenoxy) is 1. The zero-order valence-corrected chi connectivity index (χ0v) is 24.5. The van der Waals surface area contributed by atoms with E-state index in [-0.39, 0.29) is 17.5 Å². The first-order chi connectivity index (χ1) is 19.2. The van der Waals surface area contributed by atoms with Gasteiger partial charge in [-0.25, -0.2) is 0 Å². The standard InChI is InChI=1S/C18H19ClN6O.C9H15NO2.C2H6/c1-23-18-16(17(22)26)15(24-25-18)6-5-9-7-14(21)11(8-12(9)19)10-3-2-4-13(10)20;1-3-9(11)10-6-4-5-8(10)7-12-2;1-2/h7-8H,2-4,20-21H2,1H3,(H2,22,26)(H2,23,24,25);3,8H,1,4-7H2,2H3;1-2H3. The van der Waals surface area contributed by atoms with Gasteiger partial charge in [0.15, 0.2) is 5.82 Å². The first kappa shape index (κ1) is 32.3. The van der Waals surface area contributed by atoms with Gasteiger partial charge in [0, 0.05) is 43.2 Å². The summed E-state index contributed by atoms with van der Waals surface area (Å²) in [6, 6.07) is 3.76. The van der Waals surface area contributed by atoms with Gasteiger partial charge in [-0.05, 0) is 61.8 Å². The lowest BCUT2D eigenvalue weighted by Gasteiger charge is -2.22. The second-order valence-corrected chi connectivity index (χ2v) is 9.36. The fraction of sp³-hybridized carbons (Fsp3) is 0.414. The van der Waals surface area contributed by atoms with E-state index >= 15 is 0 Å². The second-order valence-electron chi connectivity index (χ2n) is 8.95. The highest BCUT2D eigenvalue weighted by atomic mass is 35.5. The van der Waals surface area contributed by atoms with Crippen LogP contribution in [0.5, 0.6) is 0 Å². The fourth-order valence-electron chi connectivity index (χ4n) is 4.61. The maximum Gasteiger partial charge on any atom is 0.255 e. The summed E-state index contributed by atoms with van der Waals surface area (Å²) in [4.78, 5) is 24.7. The van der Waals surface area contributed by atoms with Crippen molar-refractivity contribution in [3.8, 4) is 11.8 Å². The van der Waals surface area contributed by atoms with Gasteiger partial charge in [0.1, 0.15) is 11.3 Å². The summed E-state index contributed by atoms with van der Waals surface area (Å²) >= 11 is 6.38. The van der Waals surface area contributed by atoms with Crippen molar-refractivity contribution < 1.29 is 14.3 Å². The molecule has 0 radical (unpaired) electrons. The van der Waals surface area contributed by atoms with Crippen molar-refractivity contribution in [3.05, 3.63) is 57.9 Å². The Morgan fingerprint density at radius 1 is 1.27 bits per heavy atom. The van der Waals surface area contributed by atoms with Crippen LogP contribution >= 0.6 is 11.6 Å². The van der Waals surface area contributed by atoms with Crippen LogP contribution in [0.4, 0.5) is 11.5 Å². The van der Waals surface area contributed by atoms with Gasteiger partial charge in [0.05, 0.1) is 17.7 Å². The van der Waals surface area contributed by atoms with E-state index < -0.39 is 5.91 Å². The van der Waals surface area contributed by atoms with Crippen LogP contribution in [0.3, 0.4) is 0 Å². The normalized spacial score (nSPS) is 15.7. The molecule has 4 rings (SSSR count). The van der Waals surface area contributed by atoms with E-state index in [1.165, 1.54) is 6.08 Å². The molecule has 0 bridgehead atoms. The molecule has 2 aliphatic rings. The third-order valence-electron chi connectivity index (χ3n) is 6.49. The average Bonchev–Trinajstić information content (AvgIpc) is 3.70. The van der Waals surface area contributed by atoms with Crippen LogP contribution in [0.25, 0.3) is 5.57 Å². The molecule has 40 heavy (non-hydrogen) atoms. The number of nitrogens with zero attached hydrogens (tertiary/aromatic N) is 2. The molecule has 1 aliphatic carbocycles. The van der Waals surface area contributed by atoms with Gasteiger partial charge in [0.25, 0.3) is 5.91 Å². The number of rotatable bonds is 6. The molecule has 0 spiro atoms. The lowest BCUT2D eigenvalue weighted by molar-refractivity contribution is -0.127. The van der Waals surface area contributed by atoms with Crippen molar-refractivity contribution >= 4 is 40.5 Å². The predicted octanol–water partition coefficient (Wildman–Crippen LogP) is 3.88. The molecule has 1 aliphatic heterocycles.